The predicted octanol–water partition coefficient (Wildman–Crippen LogP) is 5.30. The van der Waals surface area contributed by atoms with Gasteiger partial charge in [-0.2, -0.15) is 0 Å². The molecule has 5 rings (SSSR count). The van der Waals surface area contributed by atoms with Crippen molar-refractivity contribution < 1.29 is 23.0 Å². The molecule has 198 valence electrons. The Morgan fingerprint density at radius 2 is 2.00 bits per heavy atom. The molecule has 0 radical (unpaired) electrons. The molecule has 0 saturated carbocycles. The van der Waals surface area contributed by atoms with Crippen LogP contribution in [0.25, 0.3) is 17.1 Å². The molecule has 0 unspecified atom stereocenters. The van der Waals surface area contributed by atoms with E-state index in [1.54, 1.807) is 31.1 Å². The van der Waals surface area contributed by atoms with Crippen molar-refractivity contribution in [2.75, 3.05) is 26.9 Å². The van der Waals surface area contributed by atoms with Crippen molar-refractivity contribution in [3.05, 3.63) is 64.0 Å². The summed E-state index contributed by atoms with van der Waals surface area (Å²) < 4.78 is 42.0. The number of benzene rings is 2. The summed E-state index contributed by atoms with van der Waals surface area (Å²) >= 11 is 0. The van der Waals surface area contributed by atoms with E-state index in [1.165, 1.54) is 6.07 Å². The molecule has 0 N–H and O–H groups in total. The third-order valence-corrected chi connectivity index (χ3v) is 7.46. The van der Waals surface area contributed by atoms with Gasteiger partial charge in [-0.05, 0) is 62.9 Å². The molecule has 2 aliphatic rings. The molecule has 0 aliphatic carbocycles. The van der Waals surface area contributed by atoms with Crippen LogP contribution in [0.2, 0.25) is 0 Å². The second kappa shape index (κ2) is 9.25. The largest absolute Gasteiger partial charge is 0.495 e. The Bertz CT molecular complexity index is 1480. The molecular formula is C30H31F2N3O3. The number of terminal acetylenes is 1. The molecule has 0 bridgehead atoms. The number of rotatable bonds is 4. The molecule has 3 heterocycles. The monoisotopic (exact) mass is 519 g/mol. The average Bonchev–Trinajstić information content (AvgIpc) is 3.27. The lowest BCUT2D eigenvalue weighted by Crippen LogP contribution is -2.55. The number of carbonyl (C=O) groups excluding carboxylic acids is 1. The highest BCUT2D eigenvalue weighted by atomic mass is 19.3. The molecule has 1 amide bonds. The van der Waals surface area contributed by atoms with E-state index in [0.717, 1.165) is 23.9 Å². The number of fused-ring (bicyclic) bond motifs is 3. The number of imidazole rings is 1. The minimum Gasteiger partial charge on any atom is -0.495 e. The van der Waals surface area contributed by atoms with Crippen LogP contribution in [0.3, 0.4) is 0 Å². The average molecular weight is 520 g/mol. The van der Waals surface area contributed by atoms with Gasteiger partial charge in [0, 0.05) is 24.6 Å². The molecule has 38 heavy (non-hydrogen) atoms. The SMILES string of the molecule is C#Cc1cc2c(cc1OC)CCc1c(C(=O)N3CCOCC3(C)C)nc(-c3ccc(C)c(C(C)(F)F)c3)n1-2. The first-order chi connectivity index (χ1) is 18.0. The number of halogens is 2. The zero-order valence-corrected chi connectivity index (χ0v) is 22.3. The normalized spacial score (nSPS) is 16.4. The summed E-state index contributed by atoms with van der Waals surface area (Å²) in [7, 11) is 1.57. The predicted molar refractivity (Wildman–Crippen MR) is 141 cm³/mol. The number of alkyl halides is 2. The fourth-order valence-corrected chi connectivity index (χ4v) is 5.46. The number of hydrogen-bond donors (Lipinski definition) is 0. The number of amides is 1. The van der Waals surface area contributed by atoms with Crippen LogP contribution in [0.4, 0.5) is 8.78 Å². The van der Waals surface area contributed by atoms with Gasteiger partial charge >= 0.3 is 0 Å². The highest BCUT2D eigenvalue weighted by Gasteiger charge is 2.39. The third-order valence-electron chi connectivity index (χ3n) is 7.46. The van der Waals surface area contributed by atoms with E-state index in [9.17, 15) is 13.6 Å². The lowest BCUT2D eigenvalue weighted by atomic mass is 9.96. The number of carbonyl (C=O) groups is 1. The highest BCUT2D eigenvalue weighted by Crippen LogP contribution is 2.39. The number of methoxy groups -OCH3 is 1. The zero-order valence-electron chi connectivity index (χ0n) is 22.3. The quantitative estimate of drug-likeness (QED) is 0.439. The Labute approximate surface area is 221 Å². The summed E-state index contributed by atoms with van der Waals surface area (Å²) in [6.07, 6.45) is 6.98. The Morgan fingerprint density at radius 3 is 2.66 bits per heavy atom. The lowest BCUT2D eigenvalue weighted by Gasteiger charge is -2.41. The van der Waals surface area contributed by atoms with Crippen LogP contribution in [-0.2, 0) is 23.5 Å². The van der Waals surface area contributed by atoms with Crippen molar-refractivity contribution in [2.45, 2.75) is 52.0 Å². The van der Waals surface area contributed by atoms with Crippen molar-refractivity contribution in [1.82, 2.24) is 14.5 Å². The summed E-state index contributed by atoms with van der Waals surface area (Å²) in [5.41, 5.74) is 3.76. The van der Waals surface area contributed by atoms with Gasteiger partial charge in [-0.25, -0.2) is 13.8 Å². The van der Waals surface area contributed by atoms with Crippen molar-refractivity contribution in [1.29, 1.82) is 0 Å². The van der Waals surface area contributed by atoms with Crippen LogP contribution in [0.5, 0.6) is 5.75 Å². The number of hydrogen-bond acceptors (Lipinski definition) is 4. The van der Waals surface area contributed by atoms with Gasteiger partial charge in [0.25, 0.3) is 11.8 Å². The minimum atomic E-state index is -3.03. The number of aryl methyl sites for hydroxylation is 2. The summed E-state index contributed by atoms with van der Waals surface area (Å²) in [5, 5.41) is 0. The molecule has 0 spiro atoms. The summed E-state index contributed by atoms with van der Waals surface area (Å²) in [6, 6.07) is 8.66. The van der Waals surface area contributed by atoms with Gasteiger partial charge in [0.2, 0.25) is 0 Å². The lowest BCUT2D eigenvalue weighted by molar-refractivity contribution is -0.0373. The number of morpholine rings is 1. The van der Waals surface area contributed by atoms with Gasteiger partial charge in [-0.3, -0.25) is 9.36 Å². The molecule has 3 aromatic rings. The Kier molecular flexibility index (Phi) is 6.31. The Balaban J connectivity index is 1.76. The molecule has 8 heteroatoms. The van der Waals surface area contributed by atoms with E-state index in [2.05, 4.69) is 5.92 Å². The van der Waals surface area contributed by atoms with Gasteiger partial charge in [0.05, 0.1) is 42.8 Å². The van der Waals surface area contributed by atoms with E-state index >= 15 is 0 Å². The van der Waals surface area contributed by atoms with E-state index in [1.807, 2.05) is 30.5 Å². The summed E-state index contributed by atoms with van der Waals surface area (Å²) in [4.78, 5) is 20.6. The van der Waals surface area contributed by atoms with E-state index in [4.69, 9.17) is 20.9 Å². The first-order valence-electron chi connectivity index (χ1n) is 12.6. The highest BCUT2D eigenvalue weighted by molar-refractivity contribution is 5.95. The Hall–Kier alpha value is -3.70. The van der Waals surface area contributed by atoms with Gasteiger partial charge < -0.3 is 14.4 Å². The smallest absolute Gasteiger partial charge is 0.274 e. The number of ether oxygens (including phenoxy) is 2. The molecule has 0 atom stereocenters. The van der Waals surface area contributed by atoms with Crippen molar-refractivity contribution in [3.63, 3.8) is 0 Å². The topological polar surface area (TPSA) is 56.6 Å². The van der Waals surface area contributed by atoms with Gasteiger partial charge in [0.15, 0.2) is 5.69 Å². The van der Waals surface area contributed by atoms with Crippen LogP contribution in [0.15, 0.2) is 30.3 Å². The van der Waals surface area contributed by atoms with Crippen LogP contribution in [-0.4, -0.2) is 52.8 Å². The standard InChI is InChI=1S/C30H31F2N3O3/c1-7-19-15-24-20(16-25(19)37-6)10-11-23-26(28(36)34-12-13-38-17-29(34,3)4)33-27(35(23)24)21-9-8-18(2)22(14-21)30(5,31)32/h1,8-9,14-16H,10-13,17H2,2-6H3. The van der Waals surface area contributed by atoms with Crippen molar-refractivity contribution >= 4 is 5.91 Å². The van der Waals surface area contributed by atoms with Crippen LogP contribution < -0.4 is 4.74 Å². The summed E-state index contributed by atoms with van der Waals surface area (Å²) in [5.74, 6) is 0.452. The number of nitrogens with zero attached hydrogens (tertiary/aromatic N) is 3. The third kappa shape index (κ3) is 4.25. The molecule has 1 saturated heterocycles. The number of aromatic nitrogens is 2. The van der Waals surface area contributed by atoms with E-state index in [0.29, 0.717) is 66.6 Å². The second-order valence-corrected chi connectivity index (χ2v) is 10.6. The minimum absolute atomic E-state index is 0.0791. The zero-order chi connectivity index (χ0) is 27.4. The molecule has 1 aromatic heterocycles. The van der Waals surface area contributed by atoms with Crippen LogP contribution >= 0.6 is 0 Å². The summed E-state index contributed by atoms with van der Waals surface area (Å²) in [6.45, 7) is 7.78. The second-order valence-electron chi connectivity index (χ2n) is 10.6. The molecule has 1 fully saturated rings. The van der Waals surface area contributed by atoms with Crippen molar-refractivity contribution in [3.8, 4) is 35.2 Å². The van der Waals surface area contributed by atoms with Crippen LogP contribution in [0, 0.1) is 19.3 Å². The molecular weight excluding hydrogens is 488 g/mol. The van der Waals surface area contributed by atoms with Crippen molar-refractivity contribution in [2.24, 2.45) is 0 Å². The van der Waals surface area contributed by atoms with Crippen LogP contribution in [0.1, 0.15) is 59.2 Å². The maximum atomic E-state index is 14.5. The van der Waals surface area contributed by atoms with Gasteiger partial charge in [0.1, 0.15) is 11.6 Å². The van der Waals surface area contributed by atoms with E-state index < -0.39 is 11.5 Å². The molecule has 2 aromatic carbocycles. The van der Waals surface area contributed by atoms with Gasteiger partial charge in [-0.15, -0.1) is 6.42 Å². The maximum absolute atomic E-state index is 14.5. The fraction of sp³-hybridized carbons (Fsp3) is 0.400. The Morgan fingerprint density at radius 1 is 1.24 bits per heavy atom. The molecule has 6 nitrogen and oxygen atoms in total. The van der Waals surface area contributed by atoms with E-state index in [-0.39, 0.29) is 11.5 Å². The molecule has 2 aliphatic heterocycles. The first kappa shape index (κ1) is 25.9. The maximum Gasteiger partial charge on any atom is 0.274 e. The first-order valence-corrected chi connectivity index (χ1v) is 12.6. The van der Waals surface area contributed by atoms with Gasteiger partial charge in [-0.1, -0.05) is 18.1 Å². The fourth-order valence-electron chi connectivity index (χ4n) is 5.46.